The summed E-state index contributed by atoms with van der Waals surface area (Å²) in [7, 11) is 0. The van der Waals surface area contributed by atoms with Crippen LogP contribution in [0.25, 0.3) is 5.70 Å². The summed E-state index contributed by atoms with van der Waals surface area (Å²) in [4.78, 5) is 24.0. The lowest BCUT2D eigenvalue weighted by molar-refractivity contribution is -0.114. The molecule has 0 bridgehead atoms. The Labute approximate surface area is 151 Å². The van der Waals surface area contributed by atoms with Crippen LogP contribution in [-0.4, -0.2) is 16.1 Å². The van der Waals surface area contributed by atoms with E-state index < -0.39 is 5.60 Å². The first-order valence-electron chi connectivity index (χ1n) is 8.18. The van der Waals surface area contributed by atoms with Gasteiger partial charge in [0.05, 0.1) is 23.0 Å². The Morgan fingerprint density at radius 2 is 2.00 bits per heavy atom. The summed E-state index contributed by atoms with van der Waals surface area (Å²) in [5.74, 6) is 0.381. The zero-order valence-corrected chi connectivity index (χ0v) is 15.1. The molecular formula is C20H19N3O3. The highest BCUT2D eigenvalue weighted by Gasteiger charge is 2.33. The van der Waals surface area contributed by atoms with Crippen LogP contribution in [0.1, 0.15) is 38.8 Å². The van der Waals surface area contributed by atoms with Gasteiger partial charge in [0, 0.05) is 24.8 Å². The van der Waals surface area contributed by atoms with E-state index in [2.05, 4.69) is 11.4 Å². The maximum absolute atomic E-state index is 12.6. The van der Waals surface area contributed by atoms with E-state index in [1.807, 2.05) is 20.8 Å². The minimum atomic E-state index is -0.625. The molecule has 1 amide bonds. The van der Waals surface area contributed by atoms with Crippen molar-refractivity contribution in [2.45, 2.75) is 33.3 Å². The van der Waals surface area contributed by atoms with Gasteiger partial charge in [-0.2, -0.15) is 5.26 Å². The number of hydrogen-bond donors (Lipinski definition) is 1. The van der Waals surface area contributed by atoms with E-state index in [0.29, 0.717) is 28.3 Å². The molecule has 0 saturated carbocycles. The third-order valence-electron chi connectivity index (χ3n) is 4.46. The van der Waals surface area contributed by atoms with Gasteiger partial charge in [-0.1, -0.05) is 0 Å². The number of amides is 1. The van der Waals surface area contributed by atoms with Crippen molar-refractivity contribution in [2.75, 3.05) is 5.32 Å². The van der Waals surface area contributed by atoms with Crippen LogP contribution in [0.2, 0.25) is 0 Å². The molecule has 1 N–H and O–H groups in total. The van der Waals surface area contributed by atoms with Gasteiger partial charge in [-0.3, -0.25) is 14.2 Å². The lowest BCUT2D eigenvalue weighted by Gasteiger charge is -2.36. The van der Waals surface area contributed by atoms with Crippen LogP contribution >= 0.6 is 0 Å². The number of carbonyl (C=O) groups excluding carboxylic acids is 1. The van der Waals surface area contributed by atoms with Gasteiger partial charge in [-0.15, -0.1) is 0 Å². The highest BCUT2D eigenvalue weighted by atomic mass is 16.5. The number of fused-ring (bicyclic) bond motifs is 1. The van der Waals surface area contributed by atoms with E-state index in [4.69, 9.17) is 4.74 Å². The molecule has 3 rings (SSSR count). The van der Waals surface area contributed by atoms with Crippen molar-refractivity contribution < 1.29 is 9.53 Å². The van der Waals surface area contributed by atoms with E-state index in [1.165, 1.54) is 17.6 Å². The van der Waals surface area contributed by atoms with Crippen LogP contribution in [-0.2, 0) is 4.79 Å². The number of nitrogens with one attached hydrogen (secondary N) is 1. The molecule has 1 aromatic heterocycles. The molecule has 0 saturated heterocycles. The molecule has 0 spiro atoms. The normalized spacial score (nSPS) is 14.9. The van der Waals surface area contributed by atoms with E-state index >= 15 is 0 Å². The average Bonchev–Trinajstić information content (AvgIpc) is 2.57. The van der Waals surface area contributed by atoms with Crippen molar-refractivity contribution >= 4 is 17.3 Å². The van der Waals surface area contributed by atoms with Gasteiger partial charge < -0.3 is 10.1 Å². The van der Waals surface area contributed by atoms with Crippen LogP contribution in [0, 0.1) is 11.3 Å². The lowest BCUT2D eigenvalue weighted by atomic mass is 9.90. The summed E-state index contributed by atoms with van der Waals surface area (Å²) in [6, 6.07) is 10.2. The monoisotopic (exact) mass is 349 g/mol. The topological polar surface area (TPSA) is 84.1 Å². The molecule has 0 fully saturated rings. The van der Waals surface area contributed by atoms with Crippen molar-refractivity contribution in [3.05, 3.63) is 63.6 Å². The number of nitriles is 1. The molecule has 132 valence electrons. The quantitative estimate of drug-likeness (QED) is 0.903. The Morgan fingerprint density at radius 1 is 1.27 bits per heavy atom. The Balaban J connectivity index is 2.30. The SMILES string of the molecule is CC(=O)Nc1ccc(=O)n(C2=C(C)C(C)(C)Oc3ccc(C#N)cc32)c1. The number of benzene rings is 1. The number of nitrogens with zero attached hydrogens (tertiary/aromatic N) is 2. The second-order valence-electron chi connectivity index (χ2n) is 6.72. The molecule has 1 aliphatic heterocycles. The van der Waals surface area contributed by atoms with Crippen molar-refractivity contribution in [2.24, 2.45) is 0 Å². The fourth-order valence-corrected chi connectivity index (χ4v) is 2.96. The average molecular weight is 349 g/mol. The number of hydrogen-bond acceptors (Lipinski definition) is 4. The molecule has 6 heteroatoms. The summed E-state index contributed by atoms with van der Waals surface area (Å²) in [6.07, 6.45) is 1.59. The Hall–Kier alpha value is -3.33. The Kier molecular flexibility index (Phi) is 4.17. The highest BCUT2D eigenvalue weighted by Crippen LogP contribution is 2.41. The van der Waals surface area contributed by atoms with Gasteiger partial charge in [-0.05, 0) is 50.6 Å². The number of aromatic nitrogens is 1. The lowest BCUT2D eigenvalue weighted by Crippen LogP contribution is -2.36. The van der Waals surface area contributed by atoms with E-state index in [0.717, 1.165) is 5.57 Å². The predicted molar refractivity (Wildman–Crippen MR) is 98.9 cm³/mol. The molecule has 0 atom stereocenters. The number of rotatable bonds is 2. The molecule has 26 heavy (non-hydrogen) atoms. The molecule has 0 radical (unpaired) electrons. The zero-order chi connectivity index (χ0) is 19.1. The summed E-state index contributed by atoms with van der Waals surface area (Å²) in [5, 5.41) is 11.9. The molecule has 1 aliphatic rings. The van der Waals surface area contributed by atoms with E-state index in [1.54, 1.807) is 30.5 Å². The summed E-state index contributed by atoms with van der Waals surface area (Å²) < 4.78 is 7.56. The van der Waals surface area contributed by atoms with Crippen LogP contribution in [0.5, 0.6) is 5.75 Å². The predicted octanol–water partition coefficient (Wildman–Crippen LogP) is 3.13. The van der Waals surface area contributed by atoms with Crippen molar-refractivity contribution in [1.29, 1.82) is 5.26 Å². The van der Waals surface area contributed by atoms with Crippen LogP contribution in [0.4, 0.5) is 5.69 Å². The Morgan fingerprint density at radius 3 is 2.65 bits per heavy atom. The van der Waals surface area contributed by atoms with Gasteiger partial charge in [0.25, 0.3) is 5.56 Å². The number of carbonyl (C=O) groups is 1. The van der Waals surface area contributed by atoms with Crippen molar-refractivity contribution in [3.8, 4) is 11.8 Å². The smallest absolute Gasteiger partial charge is 0.255 e. The highest BCUT2D eigenvalue weighted by molar-refractivity contribution is 5.88. The maximum Gasteiger partial charge on any atom is 0.255 e. The zero-order valence-electron chi connectivity index (χ0n) is 15.1. The largest absolute Gasteiger partial charge is 0.483 e. The molecular weight excluding hydrogens is 330 g/mol. The van der Waals surface area contributed by atoms with Gasteiger partial charge in [0.1, 0.15) is 11.4 Å². The van der Waals surface area contributed by atoms with Gasteiger partial charge in [-0.25, -0.2) is 0 Å². The first-order valence-corrected chi connectivity index (χ1v) is 8.18. The molecule has 0 aliphatic carbocycles. The third-order valence-corrected chi connectivity index (χ3v) is 4.46. The minimum absolute atomic E-state index is 0.222. The maximum atomic E-state index is 12.6. The second kappa shape index (κ2) is 6.19. The third kappa shape index (κ3) is 3.00. The molecule has 2 aromatic rings. The van der Waals surface area contributed by atoms with Crippen molar-refractivity contribution in [3.63, 3.8) is 0 Å². The van der Waals surface area contributed by atoms with Crippen LogP contribution in [0.15, 0.2) is 46.9 Å². The van der Waals surface area contributed by atoms with Gasteiger partial charge in [0.2, 0.25) is 5.91 Å². The van der Waals surface area contributed by atoms with Gasteiger partial charge >= 0.3 is 0 Å². The van der Waals surface area contributed by atoms with Gasteiger partial charge in [0.15, 0.2) is 0 Å². The first kappa shape index (κ1) is 17.5. The van der Waals surface area contributed by atoms with Crippen molar-refractivity contribution in [1.82, 2.24) is 4.57 Å². The van der Waals surface area contributed by atoms with Crippen LogP contribution < -0.4 is 15.6 Å². The molecule has 2 heterocycles. The first-order chi connectivity index (χ1) is 12.2. The number of anilines is 1. The van der Waals surface area contributed by atoms with E-state index in [9.17, 15) is 14.9 Å². The standard InChI is InChI=1S/C20H19N3O3/c1-12-19(23-11-15(22-13(2)24)6-8-18(23)25)16-9-14(10-21)5-7-17(16)26-20(12,3)4/h5-9,11H,1-4H3,(H,22,24). The molecule has 1 aromatic carbocycles. The fraction of sp³-hybridized carbons (Fsp3) is 0.250. The summed E-state index contributed by atoms with van der Waals surface area (Å²) in [5.41, 5.74) is 2.30. The molecule has 6 nitrogen and oxygen atoms in total. The fourth-order valence-electron chi connectivity index (χ4n) is 2.96. The number of ether oxygens (including phenoxy) is 1. The van der Waals surface area contributed by atoms with E-state index in [-0.39, 0.29) is 11.5 Å². The number of pyridine rings is 1. The van der Waals surface area contributed by atoms with Crippen LogP contribution in [0.3, 0.4) is 0 Å². The minimum Gasteiger partial charge on any atom is -0.483 e. The second-order valence-corrected chi connectivity index (χ2v) is 6.72. The molecule has 0 unspecified atom stereocenters. The Bertz CT molecular complexity index is 1040. The summed E-state index contributed by atoms with van der Waals surface area (Å²) in [6.45, 7) is 7.15. The summed E-state index contributed by atoms with van der Waals surface area (Å²) >= 11 is 0.